The van der Waals surface area contributed by atoms with E-state index in [0.717, 1.165) is 16.8 Å². The second-order valence-electron chi connectivity index (χ2n) is 5.60. The van der Waals surface area contributed by atoms with Crippen LogP contribution in [0.3, 0.4) is 0 Å². The maximum Gasteiger partial charge on any atom is 0.238 e. The van der Waals surface area contributed by atoms with E-state index in [2.05, 4.69) is 34.2 Å². The fourth-order valence-electron chi connectivity index (χ4n) is 2.59. The number of nitrogens with one attached hydrogen (secondary N) is 2. The molecule has 2 aromatic carbocycles. The molecule has 3 nitrogen and oxygen atoms in total. The summed E-state index contributed by atoms with van der Waals surface area (Å²) >= 11 is 1.69. The standard InChI is InChI=1S/C20H20N2OS/c1-15-8-5-6-11-17(15)22-19(23)14-21-20(18-12-7-13-24-18)16-9-3-2-4-10-16/h2-13,20-21H,14H2,1H3,(H,22,23)/t20-/m0/s1. The molecule has 122 valence electrons. The van der Waals surface area contributed by atoms with Gasteiger partial charge >= 0.3 is 0 Å². The lowest BCUT2D eigenvalue weighted by atomic mass is 10.1. The van der Waals surface area contributed by atoms with Gasteiger partial charge in [0.05, 0.1) is 12.6 Å². The summed E-state index contributed by atoms with van der Waals surface area (Å²) in [4.78, 5) is 13.5. The Morgan fingerprint density at radius 3 is 2.46 bits per heavy atom. The highest BCUT2D eigenvalue weighted by molar-refractivity contribution is 7.10. The molecule has 1 heterocycles. The second kappa shape index (κ2) is 7.90. The van der Waals surface area contributed by atoms with E-state index in [1.54, 1.807) is 11.3 Å². The first kappa shape index (κ1) is 16.4. The van der Waals surface area contributed by atoms with E-state index in [4.69, 9.17) is 0 Å². The first-order chi connectivity index (χ1) is 11.7. The number of carbonyl (C=O) groups is 1. The molecule has 0 radical (unpaired) electrons. The topological polar surface area (TPSA) is 41.1 Å². The first-order valence-corrected chi connectivity index (χ1v) is 8.79. The van der Waals surface area contributed by atoms with Crippen molar-refractivity contribution in [3.63, 3.8) is 0 Å². The van der Waals surface area contributed by atoms with Crippen molar-refractivity contribution in [2.75, 3.05) is 11.9 Å². The molecule has 0 unspecified atom stereocenters. The van der Waals surface area contributed by atoms with E-state index >= 15 is 0 Å². The number of aryl methyl sites for hydroxylation is 1. The zero-order valence-corrected chi connectivity index (χ0v) is 14.3. The quantitative estimate of drug-likeness (QED) is 0.701. The maximum absolute atomic E-state index is 12.3. The van der Waals surface area contributed by atoms with Gasteiger partial charge in [-0.25, -0.2) is 0 Å². The molecule has 0 aliphatic heterocycles. The molecule has 3 aromatic rings. The van der Waals surface area contributed by atoms with Crippen molar-refractivity contribution in [2.45, 2.75) is 13.0 Å². The Kier molecular flexibility index (Phi) is 5.41. The number of carbonyl (C=O) groups excluding carboxylic acids is 1. The lowest BCUT2D eigenvalue weighted by Gasteiger charge is -2.18. The number of hydrogen-bond donors (Lipinski definition) is 2. The Bertz CT molecular complexity index is 784. The highest BCUT2D eigenvalue weighted by Gasteiger charge is 2.16. The summed E-state index contributed by atoms with van der Waals surface area (Å²) in [7, 11) is 0. The molecule has 0 spiro atoms. The number of anilines is 1. The number of benzene rings is 2. The average Bonchev–Trinajstić information content (AvgIpc) is 3.12. The SMILES string of the molecule is Cc1ccccc1NC(=O)CN[C@@H](c1ccccc1)c1cccs1. The van der Waals surface area contributed by atoms with Crippen molar-refractivity contribution in [1.29, 1.82) is 0 Å². The predicted octanol–water partition coefficient (Wildman–Crippen LogP) is 4.37. The monoisotopic (exact) mass is 336 g/mol. The van der Waals surface area contributed by atoms with Gasteiger partial charge in [0.25, 0.3) is 0 Å². The minimum Gasteiger partial charge on any atom is -0.325 e. The van der Waals surface area contributed by atoms with Crippen LogP contribution in [0.25, 0.3) is 0 Å². The van der Waals surface area contributed by atoms with E-state index in [1.807, 2.05) is 55.5 Å². The molecule has 0 aliphatic rings. The van der Waals surface area contributed by atoms with E-state index < -0.39 is 0 Å². The molecular weight excluding hydrogens is 316 g/mol. The van der Waals surface area contributed by atoms with Crippen LogP contribution in [0.5, 0.6) is 0 Å². The molecule has 2 N–H and O–H groups in total. The predicted molar refractivity (Wildman–Crippen MR) is 100 cm³/mol. The van der Waals surface area contributed by atoms with E-state index in [1.165, 1.54) is 4.88 Å². The van der Waals surface area contributed by atoms with Gasteiger partial charge in [0.2, 0.25) is 5.91 Å². The summed E-state index contributed by atoms with van der Waals surface area (Å²) in [5.74, 6) is -0.0400. The molecule has 0 saturated carbocycles. The molecule has 0 saturated heterocycles. The van der Waals surface area contributed by atoms with Crippen LogP contribution in [0, 0.1) is 6.92 Å². The van der Waals surface area contributed by atoms with Crippen molar-refractivity contribution >= 4 is 22.9 Å². The number of rotatable bonds is 6. The van der Waals surface area contributed by atoms with Crippen LogP contribution < -0.4 is 10.6 Å². The minimum atomic E-state index is -0.0400. The van der Waals surface area contributed by atoms with Crippen molar-refractivity contribution < 1.29 is 4.79 Å². The molecular formula is C20H20N2OS. The van der Waals surface area contributed by atoms with Gasteiger partial charge in [-0.2, -0.15) is 0 Å². The van der Waals surface area contributed by atoms with Crippen molar-refractivity contribution in [1.82, 2.24) is 5.32 Å². The third-order valence-corrected chi connectivity index (χ3v) is 4.78. The number of thiophene rings is 1. The summed E-state index contributed by atoms with van der Waals surface area (Å²) in [5.41, 5.74) is 3.07. The number of hydrogen-bond acceptors (Lipinski definition) is 3. The number of para-hydroxylation sites is 1. The summed E-state index contributed by atoms with van der Waals surface area (Å²) in [6.07, 6.45) is 0. The highest BCUT2D eigenvalue weighted by Crippen LogP contribution is 2.25. The van der Waals surface area contributed by atoms with Gasteiger partial charge in [0, 0.05) is 10.6 Å². The minimum absolute atomic E-state index is 0.0221. The van der Waals surface area contributed by atoms with Crippen LogP contribution >= 0.6 is 11.3 Å². The van der Waals surface area contributed by atoms with Crippen LogP contribution in [-0.4, -0.2) is 12.5 Å². The van der Waals surface area contributed by atoms with Gasteiger partial charge in [-0.1, -0.05) is 54.6 Å². The summed E-state index contributed by atoms with van der Waals surface area (Å²) in [6.45, 7) is 2.24. The van der Waals surface area contributed by atoms with Crippen molar-refractivity contribution in [3.8, 4) is 0 Å². The van der Waals surface area contributed by atoms with E-state index in [-0.39, 0.29) is 18.5 Å². The van der Waals surface area contributed by atoms with Crippen LogP contribution in [0.15, 0.2) is 72.1 Å². The molecule has 1 aromatic heterocycles. The van der Waals surface area contributed by atoms with Gasteiger partial charge in [-0.05, 0) is 35.6 Å². The molecule has 0 bridgehead atoms. The molecule has 0 aliphatic carbocycles. The van der Waals surface area contributed by atoms with Gasteiger partial charge in [-0.15, -0.1) is 11.3 Å². The summed E-state index contributed by atoms with van der Waals surface area (Å²) in [5, 5.41) is 8.40. The second-order valence-corrected chi connectivity index (χ2v) is 6.58. The summed E-state index contributed by atoms with van der Waals surface area (Å²) < 4.78 is 0. The van der Waals surface area contributed by atoms with Gasteiger partial charge < -0.3 is 5.32 Å². The lowest BCUT2D eigenvalue weighted by Crippen LogP contribution is -2.31. The fourth-order valence-corrected chi connectivity index (χ4v) is 3.41. The first-order valence-electron chi connectivity index (χ1n) is 7.91. The lowest BCUT2D eigenvalue weighted by molar-refractivity contribution is -0.115. The largest absolute Gasteiger partial charge is 0.325 e. The van der Waals surface area contributed by atoms with Gasteiger partial charge in [0.1, 0.15) is 0 Å². The third-order valence-electron chi connectivity index (χ3n) is 3.85. The summed E-state index contributed by atoms with van der Waals surface area (Å²) in [6, 6.07) is 22.1. The molecule has 0 fully saturated rings. The average molecular weight is 336 g/mol. The third kappa shape index (κ3) is 4.10. The maximum atomic E-state index is 12.3. The smallest absolute Gasteiger partial charge is 0.238 e. The van der Waals surface area contributed by atoms with Crippen molar-refractivity contribution in [2.24, 2.45) is 0 Å². The Morgan fingerprint density at radius 1 is 1.00 bits per heavy atom. The Morgan fingerprint density at radius 2 is 1.75 bits per heavy atom. The van der Waals surface area contributed by atoms with Crippen LogP contribution in [0.4, 0.5) is 5.69 Å². The molecule has 1 atom stereocenters. The Balaban J connectivity index is 1.68. The van der Waals surface area contributed by atoms with E-state index in [0.29, 0.717) is 0 Å². The fraction of sp³-hybridized carbons (Fsp3) is 0.150. The Hall–Kier alpha value is -2.43. The number of amides is 1. The molecule has 1 amide bonds. The van der Waals surface area contributed by atoms with Crippen LogP contribution in [0.2, 0.25) is 0 Å². The molecule has 3 rings (SSSR count). The highest BCUT2D eigenvalue weighted by atomic mass is 32.1. The normalized spacial score (nSPS) is 11.9. The zero-order chi connectivity index (χ0) is 16.8. The van der Waals surface area contributed by atoms with Gasteiger partial charge in [-0.3, -0.25) is 10.1 Å². The van der Waals surface area contributed by atoms with Gasteiger partial charge in [0.15, 0.2) is 0 Å². The van der Waals surface area contributed by atoms with Crippen LogP contribution in [0.1, 0.15) is 22.0 Å². The zero-order valence-electron chi connectivity index (χ0n) is 13.5. The van der Waals surface area contributed by atoms with Crippen LogP contribution in [-0.2, 0) is 4.79 Å². The van der Waals surface area contributed by atoms with Crippen molar-refractivity contribution in [3.05, 3.63) is 88.1 Å². The Labute approximate surface area is 146 Å². The molecule has 4 heteroatoms. The van der Waals surface area contributed by atoms with E-state index in [9.17, 15) is 4.79 Å². The molecule has 24 heavy (non-hydrogen) atoms.